The highest BCUT2D eigenvalue weighted by Gasteiger charge is 2.40. The minimum absolute atomic E-state index is 0.113. The van der Waals surface area contributed by atoms with Crippen LogP contribution >= 0.6 is 0 Å². The van der Waals surface area contributed by atoms with Gasteiger partial charge >= 0.3 is 11.7 Å². The largest absolute Gasteiger partial charge is 0.468 e. The van der Waals surface area contributed by atoms with Crippen molar-refractivity contribution >= 4 is 17.0 Å². The fourth-order valence-corrected chi connectivity index (χ4v) is 6.06. The minimum atomic E-state index is -1.08. The Morgan fingerprint density at radius 1 is 0.778 bits per heavy atom. The third-order valence-electron chi connectivity index (χ3n) is 8.23. The molecule has 0 aliphatic rings. The number of hydrogen-bond acceptors (Lipinski definition) is 4. The normalized spacial score (nSPS) is 12.3. The van der Waals surface area contributed by atoms with E-state index in [1.54, 1.807) is 12.1 Å². The smallest absolute Gasteiger partial charge is 0.333 e. The maximum atomic E-state index is 14.6. The van der Waals surface area contributed by atoms with Crippen molar-refractivity contribution in [3.8, 4) is 5.69 Å². The summed E-state index contributed by atoms with van der Waals surface area (Å²) in [7, 11) is 2.77. The molecule has 0 unspecified atom stereocenters. The van der Waals surface area contributed by atoms with E-state index in [0.717, 1.165) is 32.9 Å². The molecule has 0 amide bonds. The van der Waals surface area contributed by atoms with Gasteiger partial charge in [0.15, 0.2) is 11.6 Å². The molecule has 0 saturated carbocycles. The van der Waals surface area contributed by atoms with E-state index in [0.29, 0.717) is 5.69 Å². The molecule has 45 heavy (non-hydrogen) atoms. The number of aryl methyl sites for hydroxylation is 1. The Bertz CT molecular complexity index is 1910. The second-order valence-electron chi connectivity index (χ2n) is 10.8. The average Bonchev–Trinajstić information content (AvgIpc) is 3.35. The molecule has 8 heteroatoms. The number of hydrogen-bond donors (Lipinski definition) is 1. The third kappa shape index (κ3) is 5.34. The van der Waals surface area contributed by atoms with E-state index in [9.17, 15) is 18.4 Å². The van der Waals surface area contributed by atoms with Crippen molar-refractivity contribution in [2.24, 2.45) is 7.05 Å². The first-order chi connectivity index (χ1) is 21.8. The van der Waals surface area contributed by atoms with Crippen LogP contribution in [0.5, 0.6) is 0 Å². The van der Waals surface area contributed by atoms with Gasteiger partial charge in [0.2, 0.25) is 0 Å². The fraction of sp³-hybridized carbons (Fsp3) is 0.135. The molecule has 6 rings (SSSR count). The molecule has 1 heterocycles. The van der Waals surface area contributed by atoms with Crippen molar-refractivity contribution in [3.63, 3.8) is 0 Å². The molecule has 0 aliphatic heterocycles. The number of rotatable bonds is 9. The van der Waals surface area contributed by atoms with Gasteiger partial charge in [0, 0.05) is 7.05 Å². The maximum absolute atomic E-state index is 14.6. The van der Waals surface area contributed by atoms with E-state index in [1.165, 1.54) is 24.8 Å². The quantitative estimate of drug-likeness (QED) is 0.156. The average molecular weight is 604 g/mol. The summed E-state index contributed by atoms with van der Waals surface area (Å²) in [6.07, 6.45) is 0.269. The maximum Gasteiger partial charge on any atom is 0.333 e. The lowest BCUT2D eigenvalue weighted by Crippen LogP contribution is -2.53. The van der Waals surface area contributed by atoms with Gasteiger partial charge in [-0.1, -0.05) is 103 Å². The first-order valence-electron chi connectivity index (χ1n) is 14.5. The summed E-state index contributed by atoms with van der Waals surface area (Å²) >= 11 is 0. The molecule has 0 saturated heterocycles. The number of carbonyl (C=O) groups is 1. The van der Waals surface area contributed by atoms with Crippen LogP contribution in [0.3, 0.4) is 0 Å². The van der Waals surface area contributed by atoms with Gasteiger partial charge in [0.25, 0.3) is 0 Å². The molecule has 1 aromatic heterocycles. The van der Waals surface area contributed by atoms with Crippen molar-refractivity contribution in [1.29, 1.82) is 0 Å². The summed E-state index contributed by atoms with van der Waals surface area (Å²) in [6, 6.07) is 38.6. The van der Waals surface area contributed by atoms with E-state index in [4.69, 9.17) is 4.74 Å². The van der Waals surface area contributed by atoms with Gasteiger partial charge in [0.1, 0.15) is 11.6 Å². The number of carbonyl (C=O) groups excluding carboxylic acids is 1. The molecular formula is C37H31F2N3O3. The Morgan fingerprint density at radius 2 is 1.29 bits per heavy atom. The van der Waals surface area contributed by atoms with E-state index < -0.39 is 34.9 Å². The second-order valence-corrected chi connectivity index (χ2v) is 10.8. The standard InChI is InChI=1S/C37H31F2N3O3/c1-41-34-32(23-22-30(38)33(34)39)42(36(41)44)29-20-18-25(19-21-29)24-31(35(43)45-2)40-37(26-12-6-3-7-13-26,27-14-8-4-9-15-27)28-16-10-5-11-17-28/h3-23,31,40H,24H2,1-2H3/t31-/m0/s1. The SMILES string of the molecule is COC(=O)[C@H](Cc1ccc(-n2c(=O)n(C)c3c(F)c(F)ccc32)cc1)NC(c1ccccc1)(c1ccccc1)c1ccccc1. The molecule has 6 nitrogen and oxygen atoms in total. The summed E-state index contributed by atoms with van der Waals surface area (Å²) in [5.74, 6) is -2.54. The molecule has 0 bridgehead atoms. The van der Waals surface area contributed by atoms with E-state index in [1.807, 2.05) is 103 Å². The number of nitrogens with one attached hydrogen (secondary N) is 1. The highest BCUT2D eigenvalue weighted by Crippen LogP contribution is 2.37. The number of benzene rings is 5. The van der Waals surface area contributed by atoms with E-state index in [2.05, 4.69) is 5.32 Å². The Balaban J connectivity index is 1.41. The highest BCUT2D eigenvalue weighted by molar-refractivity contribution is 5.79. The third-order valence-corrected chi connectivity index (χ3v) is 8.23. The van der Waals surface area contributed by atoms with Gasteiger partial charge in [-0.15, -0.1) is 0 Å². The topological polar surface area (TPSA) is 65.3 Å². The zero-order valence-electron chi connectivity index (χ0n) is 24.8. The summed E-state index contributed by atoms with van der Waals surface area (Å²) in [4.78, 5) is 26.5. The lowest BCUT2D eigenvalue weighted by molar-refractivity contribution is -0.143. The molecule has 1 atom stereocenters. The van der Waals surface area contributed by atoms with Gasteiger partial charge in [-0.25, -0.2) is 13.6 Å². The Hall–Kier alpha value is -5.34. The second kappa shape index (κ2) is 12.3. The van der Waals surface area contributed by atoms with Crippen LogP contribution in [0.25, 0.3) is 16.7 Å². The Labute approximate surface area is 259 Å². The van der Waals surface area contributed by atoms with Crippen molar-refractivity contribution < 1.29 is 18.3 Å². The number of halogens is 2. The van der Waals surface area contributed by atoms with Crippen molar-refractivity contribution in [3.05, 3.63) is 172 Å². The van der Waals surface area contributed by atoms with Crippen molar-refractivity contribution in [1.82, 2.24) is 14.5 Å². The number of ether oxygens (including phenoxy) is 1. The van der Waals surface area contributed by atoms with E-state index >= 15 is 0 Å². The minimum Gasteiger partial charge on any atom is -0.468 e. The molecule has 1 N–H and O–H groups in total. The van der Waals surface area contributed by atoms with Gasteiger partial charge < -0.3 is 4.74 Å². The van der Waals surface area contributed by atoms with Gasteiger partial charge in [0.05, 0.1) is 23.9 Å². The van der Waals surface area contributed by atoms with Gasteiger partial charge in [-0.05, 0) is 52.9 Å². The molecular weight excluding hydrogens is 572 g/mol. The first-order valence-corrected chi connectivity index (χ1v) is 14.5. The summed E-state index contributed by atoms with van der Waals surface area (Å²) in [5.41, 5.74) is 2.86. The zero-order valence-corrected chi connectivity index (χ0v) is 24.8. The lowest BCUT2D eigenvalue weighted by Gasteiger charge is -2.39. The van der Waals surface area contributed by atoms with Crippen LogP contribution in [-0.4, -0.2) is 28.3 Å². The molecule has 6 aromatic rings. The van der Waals surface area contributed by atoms with Crippen LogP contribution in [0.4, 0.5) is 8.78 Å². The lowest BCUT2D eigenvalue weighted by atomic mass is 9.76. The number of fused-ring (bicyclic) bond motifs is 1. The first kappa shape index (κ1) is 29.7. The summed E-state index contributed by atoms with van der Waals surface area (Å²) < 4.78 is 36.3. The molecule has 0 aliphatic carbocycles. The van der Waals surface area contributed by atoms with Crippen molar-refractivity contribution in [2.75, 3.05) is 7.11 Å². The number of methoxy groups -OCH3 is 1. The number of imidazole rings is 1. The molecule has 5 aromatic carbocycles. The van der Waals surface area contributed by atoms with Gasteiger partial charge in [-0.2, -0.15) is 0 Å². The van der Waals surface area contributed by atoms with Crippen LogP contribution in [-0.2, 0) is 28.5 Å². The predicted molar refractivity (Wildman–Crippen MR) is 170 cm³/mol. The zero-order chi connectivity index (χ0) is 31.6. The summed E-state index contributed by atoms with van der Waals surface area (Å²) in [6.45, 7) is 0. The monoisotopic (exact) mass is 603 g/mol. The van der Waals surface area contributed by atoms with Crippen LogP contribution in [0.1, 0.15) is 22.3 Å². The molecule has 0 fully saturated rings. The Kier molecular flexibility index (Phi) is 8.15. The van der Waals surface area contributed by atoms with Crippen LogP contribution in [0.2, 0.25) is 0 Å². The highest BCUT2D eigenvalue weighted by atomic mass is 19.2. The molecule has 226 valence electrons. The van der Waals surface area contributed by atoms with Gasteiger partial charge in [-0.3, -0.25) is 19.2 Å². The van der Waals surface area contributed by atoms with Crippen molar-refractivity contribution in [2.45, 2.75) is 18.0 Å². The number of nitrogens with zero attached hydrogens (tertiary/aromatic N) is 2. The predicted octanol–water partition coefficient (Wildman–Crippen LogP) is 6.27. The number of aromatic nitrogens is 2. The Morgan fingerprint density at radius 3 is 1.78 bits per heavy atom. The molecule has 0 radical (unpaired) electrons. The number of esters is 1. The molecule has 0 spiro atoms. The van der Waals surface area contributed by atoms with Crippen LogP contribution in [0.15, 0.2) is 132 Å². The fourth-order valence-electron chi connectivity index (χ4n) is 6.06. The van der Waals surface area contributed by atoms with E-state index in [-0.39, 0.29) is 17.5 Å². The van der Waals surface area contributed by atoms with Crippen LogP contribution < -0.4 is 11.0 Å². The summed E-state index contributed by atoms with van der Waals surface area (Å²) in [5, 5.41) is 3.70. The van der Waals surface area contributed by atoms with Crippen LogP contribution in [0, 0.1) is 11.6 Å².